The van der Waals surface area contributed by atoms with Crippen molar-refractivity contribution in [1.29, 1.82) is 0 Å². The highest BCUT2D eigenvalue weighted by Crippen LogP contribution is 2.15. The zero-order chi connectivity index (χ0) is 11.9. The maximum atomic E-state index is 5.58. The molecule has 2 rings (SSSR count). The van der Waals surface area contributed by atoms with Gasteiger partial charge in [0.1, 0.15) is 0 Å². The van der Waals surface area contributed by atoms with E-state index >= 15 is 0 Å². The van der Waals surface area contributed by atoms with E-state index in [0.717, 1.165) is 29.8 Å². The van der Waals surface area contributed by atoms with E-state index in [2.05, 4.69) is 20.9 Å². The molecule has 0 amide bonds. The first-order chi connectivity index (χ1) is 8.40. The summed E-state index contributed by atoms with van der Waals surface area (Å²) in [5, 5.41) is 1.07. The fourth-order valence-corrected chi connectivity index (χ4v) is 2.11. The Hall–Kier alpha value is -1.09. The number of ether oxygens (including phenoxy) is 1. The summed E-state index contributed by atoms with van der Waals surface area (Å²) in [5.74, 6) is 0.731. The molecule has 0 saturated carbocycles. The summed E-state index contributed by atoms with van der Waals surface area (Å²) in [6.07, 6.45) is 5.34. The van der Waals surface area contributed by atoms with Gasteiger partial charge in [-0.05, 0) is 37.0 Å². The predicted molar refractivity (Wildman–Crippen MR) is 74.7 cm³/mol. The fraction of sp³-hybridized carbons (Fsp3) is 0.357. The molecule has 1 aromatic rings. The topological polar surface area (TPSA) is 21.6 Å². The van der Waals surface area contributed by atoms with E-state index in [4.69, 9.17) is 4.74 Å². The van der Waals surface area contributed by atoms with Gasteiger partial charge >= 0.3 is 0 Å². The van der Waals surface area contributed by atoms with Gasteiger partial charge in [0.05, 0.1) is 12.8 Å². The summed E-state index contributed by atoms with van der Waals surface area (Å²) < 4.78 is 5.58. The number of rotatable bonds is 5. The van der Waals surface area contributed by atoms with Gasteiger partial charge in [-0.2, -0.15) is 0 Å². The lowest BCUT2D eigenvalue weighted by Crippen LogP contribution is -2.10. The summed E-state index contributed by atoms with van der Waals surface area (Å²) in [7, 11) is 0. The van der Waals surface area contributed by atoms with Gasteiger partial charge in [0, 0.05) is 10.9 Å². The van der Waals surface area contributed by atoms with Gasteiger partial charge in [0.2, 0.25) is 5.90 Å². The van der Waals surface area contributed by atoms with Gasteiger partial charge in [-0.1, -0.05) is 34.1 Å². The third-order valence-electron chi connectivity index (χ3n) is 2.67. The zero-order valence-corrected chi connectivity index (χ0v) is 11.3. The van der Waals surface area contributed by atoms with Crippen LogP contribution in [0.25, 0.3) is 0 Å². The Labute approximate surface area is 111 Å². The van der Waals surface area contributed by atoms with Gasteiger partial charge in [-0.3, -0.25) is 0 Å². The van der Waals surface area contributed by atoms with E-state index in [1.165, 1.54) is 18.4 Å². The molecule has 1 aliphatic rings. The quantitative estimate of drug-likeness (QED) is 0.596. The first-order valence-electron chi connectivity index (χ1n) is 5.90. The lowest BCUT2D eigenvalue weighted by Gasteiger charge is -2.13. The molecule has 0 fully saturated rings. The summed E-state index contributed by atoms with van der Waals surface area (Å²) >= 11 is 3.44. The average Bonchev–Trinajstić information content (AvgIpc) is 2.41. The normalized spacial score (nSPS) is 14.9. The van der Waals surface area contributed by atoms with Crippen molar-refractivity contribution in [2.45, 2.75) is 19.3 Å². The highest BCUT2D eigenvalue weighted by atomic mass is 79.9. The molecule has 1 aromatic carbocycles. The van der Waals surface area contributed by atoms with Crippen molar-refractivity contribution in [1.82, 2.24) is 0 Å². The third kappa shape index (κ3) is 3.70. The molecule has 3 heteroatoms. The van der Waals surface area contributed by atoms with Gasteiger partial charge in [-0.15, -0.1) is 0 Å². The minimum atomic E-state index is 0.731. The summed E-state index contributed by atoms with van der Waals surface area (Å²) in [5.41, 5.74) is 2.33. The second-order valence-electron chi connectivity index (χ2n) is 4.03. The van der Waals surface area contributed by atoms with Crippen LogP contribution in [0.3, 0.4) is 0 Å². The molecule has 2 nitrogen and oxygen atoms in total. The van der Waals surface area contributed by atoms with Crippen molar-refractivity contribution in [2.75, 3.05) is 11.9 Å². The highest BCUT2D eigenvalue weighted by Gasteiger charge is 2.09. The molecule has 0 aliphatic carbocycles. The number of hydrogen-bond donors (Lipinski definition) is 0. The van der Waals surface area contributed by atoms with Crippen molar-refractivity contribution in [3.05, 3.63) is 47.7 Å². The van der Waals surface area contributed by atoms with Crippen molar-refractivity contribution >= 4 is 21.8 Å². The second kappa shape index (κ2) is 6.60. The van der Waals surface area contributed by atoms with Crippen LogP contribution in [0.15, 0.2) is 47.2 Å². The van der Waals surface area contributed by atoms with E-state index in [9.17, 15) is 0 Å². The number of nitrogens with zero attached hydrogens (tertiary/aromatic N) is 1. The van der Waals surface area contributed by atoms with E-state index in [0.29, 0.717) is 0 Å². The van der Waals surface area contributed by atoms with E-state index < -0.39 is 0 Å². The Balaban J connectivity index is 1.88. The van der Waals surface area contributed by atoms with Crippen molar-refractivity contribution in [3.8, 4) is 0 Å². The molecule has 0 bridgehead atoms. The number of alkyl halides is 1. The van der Waals surface area contributed by atoms with E-state index in [-0.39, 0.29) is 0 Å². The van der Waals surface area contributed by atoms with Crippen molar-refractivity contribution < 1.29 is 4.74 Å². The van der Waals surface area contributed by atoms with Crippen LogP contribution in [-0.2, 0) is 4.74 Å². The summed E-state index contributed by atoms with van der Waals surface area (Å²) in [6.45, 7) is 0.770. The maximum Gasteiger partial charge on any atom is 0.221 e. The third-order valence-corrected chi connectivity index (χ3v) is 3.23. The Morgan fingerprint density at radius 1 is 1.18 bits per heavy atom. The molecule has 1 heterocycles. The fourth-order valence-electron chi connectivity index (χ4n) is 1.71. The largest absolute Gasteiger partial charge is 0.446 e. The van der Waals surface area contributed by atoms with E-state index in [1.54, 1.807) is 0 Å². The van der Waals surface area contributed by atoms with Crippen LogP contribution >= 0.6 is 15.9 Å². The first kappa shape index (κ1) is 12.4. The maximum absolute atomic E-state index is 5.58. The van der Waals surface area contributed by atoms with Gasteiger partial charge in [-0.25, -0.2) is 4.99 Å². The molecule has 90 valence electrons. The van der Waals surface area contributed by atoms with Crippen LogP contribution in [0.4, 0.5) is 0 Å². The van der Waals surface area contributed by atoms with Crippen LogP contribution in [-0.4, -0.2) is 17.8 Å². The zero-order valence-electron chi connectivity index (χ0n) is 9.73. The van der Waals surface area contributed by atoms with Gasteiger partial charge < -0.3 is 4.74 Å². The Morgan fingerprint density at radius 2 is 2.00 bits per heavy atom. The summed E-state index contributed by atoms with van der Waals surface area (Å²) in [6, 6.07) is 10.0. The first-order valence-corrected chi connectivity index (χ1v) is 7.02. The van der Waals surface area contributed by atoms with Crippen LogP contribution in [0.2, 0.25) is 0 Å². The lowest BCUT2D eigenvalue weighted by atomic mass is 10.1. The van der Waals surface area contributed by atoms with Crippen molar-refractivity contribution in [2.24, 2.45) is 4.99 Å². The molecule has 0 N–H and O–H groups in total. The molecule has 0 spiro atoms. The van der Waals surface area contributed by atoms with E-state index in [1.807, 2.05) is 36.6 Å². The van der Waals surface area contributed by atoms with Crippen LogP contribution in [0.1, 0.15) is 24.8 Å². The Kier molecular flexibility index (Phi) is 4.80. The molecular formula is C14H16BrNO. The smallest absolute Gasteiger partial charge is 0.221 e. The minimum absolute atomic E-state index is 0.731. The number of benzene rings is 1. The Morgan fingerprint density at radius 3 is 2.65 bits per heavy atom. The standard InChI is InChI=1S/C14H16BrNO/c15-9-5-4-6-12-10-16-14(17-11-12)13-7-2-1-3-8-13/h1-3,7-8,11H,4-6,9-10H2. The lowest BCUT2D eigenvalue weighted by molar-refractivity contribution is 0.449. The molecular weight excluding hydrogens is 278 g/mol. The van der Waals surface area contributed by atoms with Gasteiger partial charge in [0.25, 0.3) is 0 Å². The van der Waals surface area contributed by atoms with Crippen LogP contribution in [0.5, 0.6) is 0 Å². The molecule has 0 radical (unpaired) electrons. The minimum Gasteiger partial charge on any atom is -0.446 e. The number of aliphatic imine (C=N–C) groups is 1. The molecule has 0 unspecified atom stereocenters. The number of unbranched alkanes of at least 4 members (excludes halogenated alkanes) is 1. The number of halogens is 1. The Bertz CT molecular complexity index is 411. The number of hydrogen-bond acceptors (Lipinski definition) is 2. The van der Waals surface area contributed by atoms with Crippen LogP contribution in [0, 0.1) is 0 Å². The SMILES string of the molecule is BrCCCCC1=COC(c2ccccc2)=NC1. The molecule has 17 heavy (non-hydrogen) atoms. The van der Waals surface area contributed by atoms with Crippen molar-refractivity contribution in [3.63, 3.8) is 0 Å². The summed E-state index contributed by atoms with van der Waals surface area (Å²) in [4.78, 5) is 4.47. The average molecular weight is 294 g/mol. The molecule has 0 aromatic heterocycles. The van der Waals surface area contributed by atoms with Gasteiger partial charge in [0.15, 0.2) is 0 Å². The molecule has 1 aliphatic heterocycles. The molecule has 0 atom stereocenters. The highest BCUT2D eigenvalue weighted by molar-refractivity contribution is 9.09. The second-order valence-corrected chi connectivity index (χ2v) is 4.82. The predicted octanol–water partition coefficient (Wildman–Crippen LogP) is 3.91. The van der Waals surface area contributed by atoms with Crippen LogP contribution < -0.4 is 0 Å². The monoisotopic (exact) mass is 293 g/mol. The molecule has 0 saturated heterocycles.